The van der Waals surface area contributed by atoms with Crippen molar-refractivity contribution in [2.45, 2.75) is 51.7 Å². The van der Waals surface area contributed by atoms with Gasteiger partial charge in [0.05, 0.1) is 19.2 Å². The summed E-state index contributed by atoms with van der Waals surface area (Å²) in [6.45, 7) is 4.49. The molecule has 4 rings (SSSR count). The fourth-order valence-electron chi connectivity index (χ4n) is 4.56. The van der Waals surface area contributed by atoms with Crippen molar-refractivity contribution >= 4 is 11.8 Å². The Morgan fingerprint density at radius 1 is 1.31 bits per heavy atom. The third kappa shape index (κ3) is 5.88. The van der Waals surface area contributed by atoms with E-state index in [9.17, 15) is 14.7 Å². The predicted octanol–water partition coefficient (Wildman–Crippen LogP) is 3.15. The highest BCUT2D eigenvalue weighted by atomic mass is 16.5. The molecule has 0 bridgehead atoms. The number of carbonyl (C=O) groups excluding carboxylic acids is 2. The van der Waals surface area contributed by atoms with Crippen LogP contribution in [0.5, 0.6) is 5.88 Å². The molecule has 1 fully saturated rings. The lowest BCUT2D eigenvalue weighted by Gasteiger charge is -2.38. The van der Waals surface area contributed by atoms with Gasteiger partial charge in [0.2, 0.25) is 11.8 Å². The Balaban J connectivity index is 1.60. The SMILES string of the molecule is C[C@H]1CN([C@@H](C)CO)C(=O)c2cc(C#CCc3ccccc3)cnc2O[C@H]1CN(C)C(=O)C1CCC1. The Kier molecular flexibility index (Phi) is 8.27. The summed E-state index contributed by atoms with van der Waals surface area (Å²) in [7, 11) is 1.81. The minimum absolute atomic E-state index is 0.0696. The topological polar surface area (TPSA) is 83.0 Å². The van der Waals surface area contributed by atoms with Gasteiger partial charge in [-0.3, -0.25) is 9.59 Å². The standard InChI is InChI=1S/C29H35N3O4/c1-20-17-32(21(2)19-33)29(35)25-15-23(12-7-11-22-9-5-4-6-10-22)16-30-27(25)36-26(20)18-31(3)28(34)24-13-8-14-24/h4-6,9-10,15-16,20-21,24,26,33H,8,11,13-14,17-19H2,1-3H3/t20-,21-,26-/m0/s1. The molecule has 0 spiro atoms. The van der Waals surface area contributed by atoms with Crippen LogP contribution in [0.2, 0.25) is 0 Å². The van der Waals surface area contributed by atoms with Gasteiger partial charge in [0.15, 0.2) is 0 Å². The maximum absolute atomic E-state index is 13.5. The number of aromatic nitrogens is 1. The number of ether oxygens (including phenoxy) is 1. The number of carbonyl (C=O) groups is 2. The molecule has 1 saturated carbocycles. The summed E-state index contributed by atoms with van der Waals surface area (Å²) in [6, 6.07) is 11.3. The van der Waals surface area contributed by atoms with E-state index in [0.29, 0.717) is 30.6 Å². The molecule has 1 N–H and O–H groups in total. The second kappa shape index (κ2) is 11.6. The number of pyridine rings is 1. The van der Waals surface area contributed by atoms with Gasteiger partial charge in [-0.15, -0.1) is 0 Å². The number of rotatable bonds is 6. The molecule has 1 aromatic heterocycles. The molecule has 7 nitrogen and oxygen atoms in total. The van der Waals surface area contributed by atoms with Crippen LogP contribution in [0, 0.1) is 23.7 Å². The van der Waals surface area contributed by atoms with E-state index in [1.54, 1.807) is 22.1 Å². The quantitative estimate of drug-likeness (QED) is 0.631. The van der Waals surface area contributed by atoms with Crippen LogP contribution in [-0.4, -0.2) is 70.6 Å². The van der Waals surface area contributed by atoms with Crippen LogP contribution in [0.3, 0.4) is 0 Å². The first-order chi connectivity index (χ1) is 17.4. The number of fused-ring (bicyclic) bond motifs is 1. The van der Waals surface area contributed by atoms with Gasteiger partial charge in [-0.05, 0) is 31.4 Å². The van der Waals surface area contributed by atoms with Crippen molar-refractivity contribution in [2.75, 3.05) is 26.7 Å². The summed E-state index contributed by atoms with van der Waals surface area (Å²) < 4.78 is 6.30. The highest BCUT2D eigenvalue weighted by Crippen LogP contribution is 2.30. The average molecular weight is 490 g/mol. The van der Waals surface area contributed by atoms with Crippen molar-refractivity contribution in [1.29, 1.82) is 0 Å². The summed E-state index contributed by atoms with van der Waals surface area (Å²) in [6.07, 6.45) is 4.86. The van der Waals surface area contributed by atoms with Crippen LogP contribution >= 0.6 is 0 Å². The number of hydrogen-bond acceptors (Lipinski definition) is 5. The molecule has 1 aliphatic carbocycles. The summed E-state index contributed by atoms with van der Waals surface area (Å²) in [5.74, 6) is 6.44. The van der Waals surface area contributed by atoms with Gasteiger partial charge in [0.25, 0.3) is 5.91 Å². The highest BCUT2D eigenvalue weighted by Gasteiger charge is 2.36. The predicted molar refractivity (Wildman–Crippen MR) is 137 cm³/mol. The maximum Gasteiger partial charge on any atom is 0.259 e. The van der Waals surface area contributed by atoms with E-state index < -0.39 is 0 Å². The number of likely N-dealkylation sites (N-methyl/N-ethyl adjacent to an activating group) is 1. The van der Waals surface area contributed by atoms with Crippen molar-refractivity contribution in [3.63, 3.8) is 0 Å². The van der Waals surface area contributed by atoms with Gasteiger partial charge < -0.3 is 19.6 Å². The molecular formula is C29H35N3O4. The normalized spacial score (nSPS) is 20.6. The van der Waals surface area contributed by atoms with Crippen LogP contribution in [0.1, 0.15) is 54.6 Å². The summed E-state index contributed by atoms with van der Waals surface area (Å²) in [4.78, 5) is 34.2. The largest absolute Gasteiger partial charge is 0.472 e. The maximum atomic E-state index is 13.5. The number of benzene rings is 1. The van der Waals surface area contributed by atoms with Crippen molar-refractivity contribution in [3.05, 3.63) is 59.3 Å². The Labute approximate surface area is 213 Å². The summed E-state index contributed by atoms with van der Waals surface area (Å²) in [5, 5.41) is 9.84. The molecule has 0 radical (unpaired) electrons. The highest BCUT2D eigenvalue weighted by molar-refractivity contribution is 5.97. The molecule has 36 heavy (non-hydrogen) atoms. The monoisotopic (exact) mass is 489 g/mol. The van der Waals surface area contributed by atoms with Crippen LogP contribution in [0.4, 0.5) is 0 Å². The van der Waals surface area contributed by atoms with Gasteiger partial charge in [0.1, 0.15) is 11.7 Å². The molecule has 7 heteroatoms. The first-order valence-electron chi connectivity index (χ1n) is 12.7. The number of nitrogens with zero attached hydrogens (tertiary/aromatic N) is 3. The minimum atomic E-state index is -0.367. The molecule has 1 aromatic carbocycles. The Bertz CT molecular complexity index is 1140. The lowest BCUT2D eigenvalue weighted by Crippen LogP contribution is -2.51. The molecule has 2 heterocycles. The molecule has 2 amide bonds. The molecule has 2 aliphatic rings. The third-order valence-corrected chi connectivity index (χ3v) is 7.17. The second-order valence-electron chi connectivity index (χ2n) is 10.0. The van der Waals surface area contributed by atoms with Crippen LogP contribution < -0.4 is 4.74 Å². The number of aliphatic hydroxyl groups excluding tert-OH is 1. The Morgan fingerprint density at radius 3 is 2.72 bits per heavy atom. The van der Waals surface area contributed by atoms with Gasteiger partial charge in [-0.25, -0.2) is 4.98 Å². The minimum Gasteiger partial charge on any atom is -0.472 e. The van der Waals surface area contributed by atoms with E-state index in [-0.39, 0.29) is 48.3 Å². The van der Waals surface area contributed by atoms with E-state index in [4.69, 9.17) is 4.74 Å². The van der Waals surface area contributed by atoms with Gasteiger partial charge in [-0.1, -0.05) is 55.5 Å². The van der Waals surface area contributed by atoms with Crippen LogP contribution in [-0.2, 0) is 11.2 Å². The van der Waals surface area contributed by atoms with Crippen molar-refractivity contribution in [1.82, 2.24) is 14.8 Å². The number of hydrogen-bond donors (Lipinski definition) is 1. The summed E-state index contributed by atoms with van der Waals surface area (Å²) >= 11 is 0. The third-order valence-electron chi connectivity index (χ3n) is 7.17. The van der Waals surface area contributed by atoms with E-state index in [1.807, 2.05) is 51.2 Å². The molecule has 0 saturated heterocycles. The lowest BCUT2D eigenvalue weighted by molar-refractivity contribution is -0.138. The zero-order chi connectivity index (χ0) is 25.7. The van der Waals surface area contributed by atoms with E-state index in [1.165, 1.54) is 0 Å². The fourth-order valence-corrected chi connectivity index (χ4v) is 4.56. The molecular weight excluding hydrogens is 454 g/mol. The van der Waals surface area contributed by atoms with E-state index in [0.717, 1.165) is 24.8 Å². The van der Waals surface area contributed by atoms with Crippen molar-refractivity contribution < 1.29 is 19.4 Å². The number of aliphatic hydroxyl groups is 1. The zero-order valence-electron chi connectivity index (χ0n) is 21.3. The van der Waals surface area contributed by atoms with Crippen LogP contribution in [0.25, 0.3) is 0 Å². The van der Waals surface area contributed by atoms with E-state index >= 15 is 0 Å². The van der Waals surface area contributed by atoms with Crippen LogP contribution in [0.15, 0.2) is 42.6 Å². The summed E-state index contributed by atoms with van der Waals surface area (Å²) in [5.41, 5.74) is 2.07. The fraction of sp³-hybridized carbons (Fsp3) is 0.483. The van der Waals surface area contributed by atoms with Gasteiger partial charge in [0, 0.05) is 43.6 Å². The first kappa shape index (κ1) is 25.7. The molecule has 190 valence electrons. The molecule has 0 unspecified atom stereocenters. The molecule has 2 aromatic rings. The van der Waals surface area contributed by atoms with Crippen molar-refractivity contribution in [3.8, 4) is 17.7 Å². The van der Waals surface area contributed by atoms with Gasteiger partial charge >= 0.3 is 0 Å². The van der Waals surface area contributed by atoms with E-state index in [2.05, 4.69) is 16.8 Å². The first-order valence-corrected chi connectivity index (χ1v) is 12.7. The van der Waals surface area contributed by atoms with Crippen molar-refractivity contribution in [2.24, 2.45) is 11.8 Å². The average Bonchev–Trinajstić information content (AvgIpc) is 2.85. The second-order valence-corrected chi connectivity index (χ2v) is 10.0. The molecule has 3 atom stereocenters. The van der Waals surface area contributed by atoms with Gasteiger partial charge in [-0.2, -0.15) is 0 Å². The Morgan fingerprint density at radius 2 is 2.06 bits per heavy atom. The zero-order valence-corrected chi connectivity index (χ0v) is 21.3. The Hall–Kier alpha value is -3.37. The molecule has 1 aliphatic heterocycles. The lowest BCUT2D eigenvalue weighted by atomic mass is 9.84. The number of amides is 2. The smallest absolute Gasteiger partial charge is 0.259 e.